The Hall–Kier alpha value is -1.32. The largest absolute Gasteiger partial charge is 0.477 e. The Morgan fingerprint density at radius 3 is 2.60 bits per heavy atom. The minimum absolute atomic E-state index is 0.566. The molecule has 0 radical (unpaired) electrons. The summed E-state index contributed by atoms with van der Waals surface area (Å²) in [6, 6.07) is 1.91. The van der Waals surface area contributed by atoms with E-state index in [1.54, 1.807) is 0 Å². The van der Waals surface area contributed by atoms with E-state index in [1.165, 1.54) is 12.8 Å². The molecule has 0 bridgehead atoms. The summed E-state index contributed by atoms with van der Waals surface area (Å²) in [5.74, 6) is 3.01. The first kappa shape index (κ1) is 16.7. The van der Waals surface area contributed by atoms with Gasteiger partial charge < -0.3 is 10.1 Å². The lowest BCUT2D eigenvalue weighted by Crippen LogP contribution is -2.11. The van der Waals surface area contributed by atoms with Crippen molar-refractivity contribution < 1.29 is 4.74 Å². The van der Waals surface area contributed by atoms with Crippen molar-refractivity contribution in [2.24, 2.45) is 5.92 Å². The zero-order valence-corrected chi connectivity index (χ0v) is 13.4. The van der Waals surface area contributed by atoms with Crippen molar-refractivity contribution in [1.82, 2.24) is 9.97 Å². The smallest absolute Gasteiger partial charge is 0.218 e. The molecule has 1 atom stereocenters. The Morgan fingerprint density at radius 1 is 1.15 bits per heavy atom. The van der Waals surface area contributed by atoms with E-state index in [4.69, 9.17) is 4.74 Å². The van der Waals surface area contributed by atoms with E-state index < -0.39 is 0 Å². The van der Waals surface area contributed by atoms with Crippen molar-refractivity contribution in [1.29, 1.82) is 0 Å². The first-order valence-corrected chi connectivity index (χ1v) is 7.94. The van der Waals surface area contributed by atoms with Crippen molar-refractivity contribution in [3.63, 3.8) is 0 Å². The first-order chi connectivity index (χ1) is 9.69. The highest BCUT2D eigenvalue weighted by Gasteiger charge is 2.07. The average Bonchev–Trinajstić information content (AvgIpc) is 2.43. The number of hydrogen-bond donors (Lipinski definition) is 1. The molecule has 1 rings (SSSR count). The molecule has 0 spiro atoms. The lowest BCUT2D eigenvalue weighted by molar-refractivity contribution is 0.242. The minimum Gasteiger partial charge on any atom is -0.477 e. The Kier molecular flexibility index (Phi) is 8.00. The maximum Gasteiger partial charge on any atom is 0.218 e. The number of nitrogens with zero attached hydrogens (tertiary/aromatic N) is 2. The van der Waals surface area contributed by atoms with Crippen LogP contribution in [0.1, 0.15) is 59.2 Å². The normalized spacial score (nSPS) is 12.2. The number of hydrogen-bond acceptors (Lipinski definition) is 4. The zero-order valence-electron chi connectivity index (χ0n) is 13.4. The molecule has 0 aliphatic heterocycles. The third-order valence-electron chi connectivity index (χ3n) is 3.08. The van der Waals surface area contributed by atoms with Gasteiger partial charge in [-0.15, -0.1) is 0 Å². The van der Waals surface area contributed by atoms with Crippen LogP contribution in [0.2, 0.25) is 0 Å². The third-order valence-corrected chi connectivity index (χ3v) is 3.08. The van der Waals surface area contributed by atoms with Crippen molar-refractivity contribution in [3.8, 4) is 5.88 Å². The van der Waals surface area contributed by atoms with E-state index >= 15 is 0 Å². The van der Waals surface area contributed by atoms with Crippen LogP contribution < -0.4 is 10.1 Å². The molecule has 1 aromatic rings. The minimum atomic E-state index is 0.566. The molecule has 0 saturated heterocycles. The Labute approximate surface area is 123 Å². The van der Waals surface area contributed by atoms with Crippen LogP contribution in [0.5, 0.6) is 5.88 Å². The molecule has 0 aromatic carbocycles. The molecular formula is C16H29N3O. The summed E-state index contributed by atoms with van der Waals surface area (Å²) in [6.45, 7) is 10.4. The molecule has 4 nitrogen and oxygen atoms in total. The third kappa shape index (κ3) is 6.22. The van der Waals surface area contributed by atoms with Gasteiger partial charge in [0.05, 0.1) is 6.61 Å². The molecule has 4 heteroatoms. The Morgan fingerprint density at radius 2 is 1.95 bits per heavy atom. The van der Waals surface area contributed by atoms with E-state index in [1.807, 2.05) is 6.07 Å². The van der Waals surface area contributed by atoms with Gasteiger partial charge in [0, 0.05) is 19.0 Å². The predicted octanol–water partition coefficient (Wildman–Crippen LogP) is 4.07. The number of ether oxygens (including phenoxy) is 1. The maximum absolute atomic E-state index is 5.84. The second kappa shape index (κ2) is 9.56. The average molecular weight is 279 g/mol. The van der Waals surface area contributed by atoms with Gasteiger partial charge in [-0.2, -0.15) is 4.98 Å². The van der Waals surface area contributed by atoms with Crippen LogP contribution >= 0.6 is 0 Å². The summed E-state index contributed by atoms with van der Waals surface area (Å²) in [5.41, 5.74) is 0. The summed E-state index contributed by atoms with van der Waals surface area (Å²) < 4.78 is 5.84. The topological polar surface area (TPSA) is 47.0 Å². The van der Waals surface area contributed by atoms with Crippen LogP contribution in [-0.2, 0) is 6.42 Å². The number of nitrogens with one attached hydrogen (secondary N) is 1. The predicted molar refractivity (Wildman–Crippen MR) is 84.4 cm³/mol. The van der Waals surface area contributed by atoms with Crippen LogP contribution in [0.3, 0.4) is 0 Å². The molecule has 0 amide bonds. The van der Waals surface area contributed by atoms with Crippen LogP contribution in [0.25, 0.3) is 0 Å². The summed E-state index contributed by atoms with van der Waals surface area (Å²) in [4.78, 5) is 9.01. The molecule has 114 valence electrons. The standard InChI is InChI=1S/C16H29N3O/c1-5-8-13(4)12-20-16-11-15(17-10-7-3)18-14(19-16)9-6-2/h11,13H,5-10,12H2,1-4H3,(H,17,18,19). The summed E-state index contributed by atoms with van der Waals surface area (Å²) >= 11 is 0. The lowest BCUT2D eigenvalue weighted by atomic mass is 10.1. The summed E-state index contributed by atoms with van der Waals surface area (Å²) in [6.07, 6.45) is 5.40. The van der Waals surface area contributed by atoms with Gasteiger partial charge in [-0.25, -0.2) is 4.98 Å². The van der Waals surface area contributed by atoms with E-state index in [0.717, 1.165) is 44.1 Å². The van der Waals surface area contributed by atoms with Gasteiger partial charge in [0.1, 0.15) is 11.6 Å². The molecule has 1 heterocycles. The fourth-order valence-electron chi connectivity index (χ4n) is 2.03. The highest BCUT2D eigenvalue weighted by Crippen LogP contribution is 2.16. The molecule has 0 aliphatic carbocycles. The molecule has 0 aliphatic rings. The second-order valence-corrected chi connectivity index (χ2v) is 5.39. The Balaban J connectivity index is 2.69. The first-order valence-electron chi connectivity index (χ1n) is 7.94. The maximum atomic E-state index is 5.84. The van der Waals surface area contributed by atoms with Gasteiger partial charge >= 0.3 is 0 Å². The van der Waals surface area contributed by atoms with E-state index in [9.17, 15) is 0 Å². The van der Waals surface area contributed by atoms with Gasteiger partial charge in [-0.1, -0.05) is 34.1 Å². The quantitative estimate of drug-likeness (QED) is 0.701. The van der Waals surface area contributed by atoms with Gasteiger partial charge in [0.2, 0.25) is 5.88 Å². The molecule has 0 fully saturated rings. The van der Waals surface area contributed by atoms with Gasteiger partial charge in [0.15, 0.2) is 0 Å². The SMILES string of the molecule is CCCNc1cc(OCC(C)CCC)nc(CCC)n1. The van der Waals surface area contributed by atoms with Crippen molar-refractivity contribution in [2.75, 3.05) is 18.5 Å². The lowest BCUT2D eigenvalue weighted by Gasteiger charge is -2.13. The number of rotatable bonds is 10. The summed E-state index contributed by atoms with van der Waals surface area (Å²) in [5, 5.41) is 3.32. The highest BCUT2D eigenvalue weighted by molar-refractivity contribution is 5.38. The fourth-order valence-corrected chi connectivity index (χ4v) is 2.03. The Bertz CT molecular complexity index is 382. The van der Waals surface area contributed by atoms with Crippen LogP contribution in [0, 0.1) is 5.92 Å². The number of anilines is 1. The highest BCUT2D eigenvalue weighted by atomic mass is 16.5. The van der Waals surface area contributed by atoms with Crippen molar-refractivity contribution in [2.45, 2.75) is 59.8 Å². The van der Waals surface area contributed by atoms with E-state index in [-0.39, 0.29) is 0 Å². The van der Waals surface area contributed by atoms with Crippen molar-refractivity contribution in [3.05, 3.63) is 11.9 Å². The molecular weight excluding hydrogens is 250 g/mol. The summed E-state index contributed by atoms with van der Waals surface area (Å²) in [7, 11) is 0. The number of aryl methyl sites for hydroxylation is 1. The van der Waals surface area contributed by atoms with Crippen LogP contribution in [0.4, 0.5) is 5.82 Å². The van der Waals surface area contributed by atoms with Gasteiger partial charge in [0.25, 0.3) is 0 Å². The fraction of sp³-hybridized carbons (Fsp3) is 0.750. The van der Waals surface area contributed by atoms with Gasteiger partial charge in [-0.05, 0) is 25.2 Å². The van der Waals surface area contributed by atoms with Gasteiger partial charge in [-0.3, -0.25) is 0 Å². The number of aromatic nitrogens is 2. The van der Waals surface area contributed by atoms with Crippen LogP contribution in [-0.4, -0.2) is 23.1 Å². The van der Waals surface area contributed by atoms with E-state index in [0.29, 0.717) is 11.8 Å². The molecule has 1 aromatic heterocycles. The van der Waals surface area contributed by atoms with Crippen LogP contribution in [0.15, 0.2) is 6.07 Å². The van der Waals surface area contributed by atoms with Crippen molar-refractivity contribution >= 4 is 5.82 Å². The van der Waals surface area contributed by atoms with E-state index in [2.05, 4.69) is 43.0 Å². The molecule has 20 heavy (non-hydrogen) atoms. The molecule has 0 saturated carbocycles. The molecule has 1 N–H and O–H groups in total. The zero-order chi connectivity index (χ0) is 14.8. The monoisotopic (exact) mass is 279 g/mol. The molecule has 1 unspecified atom stereocenters. The second-order valence-electron chi connectivity index (χ2n) is 5.39.